The maximum absolute atomic E-state index is 5.50. The Labute approximate surface area is 83.0 Å². The smallest absolute Gasteiger partial charge is 0.137 e. The molecule has 2 rings (SSSR count). The van der Waals surface area contributed by atoms with Crippen LogP contribution < -0.4 is 10.5 Å². The molecular formula is C10H14N2O2. The Hall–Kier alpha value is -1.29. The fourth-order valence-corrected chi connectivity index (χ4v) is 1.44. The van der Waals surface area contributed by atoms with Crippen LogP contribution in [0.5, 0.6) is 5.75 Å². The summed E-state index contributed by atoms with van der Waals surface area (Å²) >= 11 is 0. The van der Waals surface area contributed by atoms with E-state index in [-0.39, 0.29) is 6.10 Å². The molecule has 1 saturated heterocycles. The Kier molecular flexibility index (Phi) is 2.84. The molecule has 2 heterocycles. The number of hydrogen-bond acceptors (Lipinski definition) is 4. The van der Waals surface area contributed by atoms with Crippen molar-refractivity contribution >= 4 is 5.82 Å². The van der Waals surface area contributed by atoms with Crippen molar-refractivity contribution in [1.82, 2.24) is 4.98 Å². The number of nitrogen functional groups attached to an aromatic ring is 1. The Bertz CT molecular complexity index is 281. The maximum Gasteiger partial charge on any atom is 0.137 e. The van der Waals surface area contributed by atoms with E-state index in [0.29, 0.717) is 12.4 Å². The minimum absolute atomic E-state index is 0.243. The zero-order valence-electron chi connectivity index (χ0n) is 7.98. The molecule has 14 heavy (non-hydrogen) atoms. The third-order valence-electron chi connectivity index (χ3n) is 2.22. The molecule has 2 N–H and O–H groups in total. The summed E-state index contributed by atoms with van der Waals surface area (Å²) in [6.45, 7) is 1.46. The van der Waals surface area contributed by atoms with E-state index in [1.165, 1.54) is 0 Å². The van der Waals surface area contributed by atoms with Crippen LogP contribution in [-0.2, 0) is 4.74 Å². The molecule has 1 fully saturated rings. The van der Waals surface area contributed by atoms with Gasteiger partial charge in [-0.25, -0.2) is 4.98 Å². The number of nitrogens with two attached hydrogens (primary N) is 1. The maximum atomic E-state index is 5.50. The van der Waals surface area contributed by atoms with Crippen molar-refractivity contribution in [2.75, 3.05) is 18.9 Å². The van der Waals surface area contributed by atoms with Gasteiger partial charge in [0, 0.05) is 6.61 Å². The lowest BCUT2D eigenvalue weighted by Gasteiger charge is -2.10. The number of aromatic nitrogens is 1. The summed E-state index contributed by atoms with van der Waals surface area (Å²) in [6, 6.07) is 3.54. The van der Waals surface area contributed by atoms with Crippen molar-refractivity contribution in [3.63, 3.8) is 0 Å². The van der Waals surface area contributed by atoms with Crippen LogP contribution in [0.25, 0.3) is 0 Å². The van der Waals surface area contributed by atoms with Gasteiger partial charge in [0.15, 0.2) is 0 Å². The van der Waals surface area contributed by atoms with Gasteiger partial charge in [0.25, 0.3) is 0 Å². The summed E-state index contributed by atoms with van der Waals surface area (Å²) in [5, 5.41) is 0. The van der Waals surface area contributed by atoms with Crippen LogP contribution in [0.4, 0.5) is 5.82 Å². The van der Waals surface area contributed by atoms with Gasteiger partial charge >= 0.3 is 0 Å². The average molecular weight is 194 g/mol. The molecule has 0 radical (unpaired) electrons. The highest BCUT2D eigenvalue weighted by atomic mass is 16.5. The van der Waals surface area contributed by atoms with Crippen LogP contribution in [0.2, 0.25) is 0 Å². The quantitative estimate of drug-likeness (QED) is 0.786. The van der Waals surface area contributed by atoms with Crippen molar-refractivity contribution < 1.29 is 9.47 Å². The van der Waals surface area contributed by atoms with Gasteiger partial charge in [0.05, 0.1) is 12.3 Å². The highest BCUT2D eigenvalue weighted by Gasteiger charge is 2.15. The molecule has 0 saturated carbocycles. The van der Waals surface area contributed by atoms with Crippen LogP contribution in [-0.4, -0.2) is 24.3 Å². The molecule has 0 amide bonds. The topological polar surface area (TPSA) is 57.4 Å². The summed E-state index contributed by atoms with van der Waals surface area (Å²) in [5.41, 5.74) is 5.45. The molecule has 1 aromatic rings. The molecule has 0 bridgehead atoms. The summed E-state index contributed by atoms with van der Waals surface area (Å²) in [6.07, 6.45) is 4.09. The van der Waals surface area contributed by atoms with Gasteiger partial charge in [-0.2, -0.15) is 0 Å². The second-order valence-electron chi connectivity index (χ2n) is 3.36. The van der Waals surface area contributed by atoms with Gasteiger partial charge in [0.2, 0.25) is 0 Å². The van der Waals surface area contributed by atoms with Crippen molar-refractivity contribution in [3.05, 3.63) is 18.3 Å². The average Bonchev–Trinajstić information content (AvgIpc) is 2.70. The second-order valence-corrected chi connectivity index (χ2v) is 3.36. The van der Waals surface area contributed by atoms with Crippen molar-refractivity contribution in [3.8, 4) is 5.75 Å². The number of pyridine rings is 1. The standard InChI is InChI=1S/C10H14N2O2/c11-10-4-3-8(6-12-10)14-7-9-2-1-5-13-9/h3-4,6,9H,1-2,5,7H2,(H2,11,12). The van der Waals surface area contributed by atoms with Gasteiger partial charge < -0.3 is 15.2 Å². The second kappa shape index (κ2) is 4.28. The third-order valence-corrected chi connectivity index (χ3v) is 2.22. The lowest BCUT2D eigenvalue weighted by atomic mass is 10.2. The predicted octanol–water partition coefficient (Wildman–Crippen LogP) is 1.22. The number of ether oxygens (including phenoxy) is 2. The normalized spacial score (nSPS) is 21.0. The lowest BCUT2D eigenvalue weighted by molar-refractivity contribution is 0.0678. The van der Waals surface area contributed by atoms with Crippen molar-refractivity contribution in [2.24, 2.45) is 0 Å². The monoisotopic (exact) mass is 194 g/mol. The van der Waals surface area contributed by atoms with E-state index in [1.807, 2.05) is 6.07 Å². The van der Waals surface area contributed by atoms with Crippen LogP contribution in [0.1, 0.15) is 12.8 Å². The zero-order chi connectivity index (χ0) is 9.80. The van der Waals surface area contributed by atoms with Crippen LogP contribution >= 0.6 is 0 Å². The number of anilines is 1. The van der Waals surface area contributed by atoms with E-state index in [0.717, 1.165) is 25.2 Å². The fourth-order valence-electron chi connectivity index (χ4n) is 1.44. The largest absolute Gasteiger partial charge is 0.489 e. The minimum atomic E-state index is 0.243. The first-order valence-electron chi connectivity index (χ1n) is 4.80. The summed E-state index contributed by atoms with van der Waals surface area (Å²) in [4.78, 5) is 3.94. The Morgan fingerprint density at radius 2 is 2.50 bits per heavy atom. The van der Waals surface area contributed by atoms with E-state index >= 15 is 0 Å². The Balaban J connectivity index is 1.82. The molecule has 1 unspecified atom stereocenters. The van der Waals surface area contributed by atoms with Gasteiger partial charge in [-0.1, -0.05) is 0 Å². The molecule has 1 atom stereocenters. The summed E-state index contributed by atoms with van der Waals surface area (Å²) in [7, 11) is 0. The number of nitrogens with zero attached hydrogens (tertiary/aromatic N) is 1. The molecule has 76 valence electrons. The van der Waals surface area contributed by atoms with E-state index in [2.05, 4.69) is 4.98 Å². The first-order valence-corrected chi connectivity index (χ1v) is 4.80. The molecule has 0 spiro atoms. The van der Waals surface area contributed by atoms with Crippen LogP contribution in [0.3, 0.4) is 0 Å². The fraction of sp³-hybridized carbons (Fsp3) is 0.500. The summed E-state index contributed by atoms with van der Waals surface area (Å²) in [5.74, 6) is 1.25. The molecule has 0 aliphatic carbocycles. The van der Waals surface area contributed by atoms with E-state index in [4.69, 9.17) is 15.2 Å². The SMILES string of the molecule is Nc1ccc(OCC2CCCO2)cn1. The van der Waals surface area contributed by atoms with Gasteiger partial charge in [0.1, 0.15) is 18.2 Å². The molecular weight excluding hydrogens is 180 g/mol. The first-order chi connectivity index (χ1) is 6.84. The number of hydrogen-bond donors (Lipinski definition) is 1. The molecule has 1 aliphatic heterocycles. The molecule has 1 aliphatic rings. The van der Waals surface area contributed by atoms with E-state index < -0.39 is 0 Å². The van der Waals surface area contributed by atoms with Crippen molar-refractivity contribution in [2.45, 2.75) is 18.9 Å². The van der Waals surface area contributed by atoms with Crippen LogP contribution in [0.15, 0.2) is 18.3 Å². The molecule has 4 nitrogen and oxygen atoms in total. The Morgan fingerprint density at radius 1 is 1.57 bits per heavy atom. The van der Waals surface area contributed by atoms with E-state index in [9.17, 15) is 0 Å². The van der Waals surface area contributed by atoms with Crippen LogP contribution in [0, 0.1) is 0 Å². The van der Waals surface area contributed by atoms with E-state index in [1.54, 1.807) is 12.3 Å². The first kappa shape index (κ1) is 9.27. The van der Waals surface area contributed by atoms with Gasteiger partial charge in [-0.3, -0.25) is 0 Å². The minimum Gasteiger partial charge on any atom is -0.489 e. The number of rotatable bonds is 3. The third kappa shape index (κ3) is 2.35. The molecule has 1 aromatic heterocycles. The highest BCUT2D eigenvalue weighted by Crippen LogP contribution is 2.15. The van der Waals surface area contributed by atoms with Crippen molar-refractivity contribution in [1.29, 1.82) is 0 Å². The highest BCUT2D eigenvalue weighted by molar-refractivity contribution is 5.32. The zero-order valence-corrected chi connectivity index (χ0v) is 7.98. The Morgan fingerprint density at radius 3 is 3.14 bits per heavy atom. The predicted molar refractivity (Wildman–Crippen MR) is 53.1 cm³/mol. The lowest BCUT2D eigenvalue weighted by Crippen LogP contribution is -2.16. The molecule has 4 heteroatoms. The summed E-state index contributed by atoms with van der Waals surface area (Å²) < 4.78 is 10.9. The van der Waals surface area contributed by atoms with Gasteiger partial charge in [-0.15, -0.1) is 0 Å². The molecule has 0 aromatic carbocycles. The van der Waals surface area contributed by atoms with Gasteiger partial charge in [-0.05, 0) is 25.0 Å².